The van der Waals surface area contributed by atoms with E-state index in [1.165, 1.54) is 0 Å². The number of rotatable bonds is 9. The van der Waals surface area contributed by atoms with Crippen LogP contribution in [0.5, 0.6) is 5.75 Å². The van der Waals surface area contributed by atoms with Crippen LogP contribution < -0.4 is 10.1 Å². The molecule has 158 valence electrons. The van der Waals surface area contributed by atoms with Gasteiger partial charge in [-0.25, -0.2) is 0 Å². The van der Waals surface area contributed by atoms with Crippen molar-refractivity contribution in [3.8, 4) is 5.75 Å². The number of amides is 2. The van der Waals surface area contributed by atoms with E-state index < -0.39 is 0 Å². The number of anilines is 1. The summed E-state index contributed by atoms with van der Waals surface area (Å²) in [7, 11) is 1.58. The fourth-order valence-electron chi connectivity index (χ4n) is 3.55. The van der Waals surface area contributed by atoms with Gasteiger partial charge in [-0.1, -0.05) is 12.1 Å². The number of benzene rings is 2. The van der Waals surface area contributed by atoms with Crippen LogP contribution >= 0.6 is 0 Å². The zero-order chi connectivity index (χ0) is 21.3. The van der Waals surface area contributed by atoms with Gasteiger partial charge in [-0.05, 0) is 61.2 Å². The van der Waals surface area contributed by atoms with Crippen LogP contribution in [0.3, 0.4) is 0 Å². The quantitative estimate of drug-likeness (QED) is 0.631. The van der Waals surface area contributed by atoms with Crippen molar-refractivity contribution in [3.63, 3.8) is 0 Å². The van der Waals surface area contributed by atoms with Crippen molar-refractivity contribution >= 4 is 23.3 Å². The van der Waals surface area contributed by atoms with Crippen LogP contribution in [0.1, 0.15) is 54.4 Å². The van der Waals surface area contributed by atoms with Crippen LogP contribution in [0, 0.1) is 0 Å². The molecule has 2 aromatic carbocycles. The molecule has 0 aliphatic carbocycles. The van der Waals surface area contributed by atoms with Crippen LogP contribution in [0.25, 0.3) is 0 Å². The second-order valence-electron chi connectivity index (χ2n) is 7.53. The first-order valence-electron chi connectivity index (χ1n) is 10.4. The van der Waals surface area contributed by atoms with Gasteiger partial charge in [0.2, 0.25) is 11.8 Å². The molecule has 1 aliphatic heterocycles. The number of nitrogens with one attached hydrogen (secondary N) is 1. The van der Waals surface area contributed by atoms with E-state index in [0.29, 0.717) is 42.8 Å². The van der Waals surface area contributed by atoms with Crippen molar-refractivity contribution in [2.24, 2.45) is 0 Å². The van der Waals surface area contributed by atoms with Crippen LogP contribution in [0.4, 0.5) is 5.69 Å². The van der Waals surface area contributed by atoms with Crippen LogP contribution in [-0.4, -0.2) is 36.2 Å². The molecule has 0 atom stereocenters. The molecule has 30 heavy (non-hydrogen) atoms. The maximum atomic E-state index is 12.3. The molecule has 1 N–H and O–H groups in total. The zero-order valence-electron chi connectivity index (χ0n) is 17.4. The minimum absolute atomic E-state index is 0.0126. The molecule has 1 aliphatic rings. The van der Waals surface area contributed by atoms with Gasteiger partial charge in [-0.15, -0.1) is 0 Å². The lowest BCUT2D eigenvalue weighted by molar-refractivity contribution is -0.133. The van der Waals surface area contributed by atoms with Gasteiger partial charge in [0, 0.05) is 43.6 Å². The number of carbonyl (C=O) groups excluding carboxylic acids is 3. The molecule has 0 aromatic heterocycles. The molecule has 0 radical (unpaired) electrons. The summed E-state index contributed by atoms with van der Waals surface area (Å²) in [6.45, 7) is 1.36. The van der Waals surface area contributed by atoms with E-state index >= 15 is 0 Å². The largest absolute Gasteiger partial charge is 0.497 e. The number of nitrogens with zero attached hydrogens (tertiary/aromatic N) is 1. The molecule has 2 amide bonds. The number of hydrogen-bond donors (Lipinski definition) is 1. The Morgan fingerprint density at radius 1 is 1.07 bits per heavy atom. The first-order chi connectivity index (χ1) is 14.5. The second kappa shape index (κ2) is 10.6. The second-order valence-corrected chi connectivity index (χ2v) is 7.53. The predicted molar refractivity (Wildman–Crippen MR) is 116 cm³/mol. The summed E-state index contributed by atoms with van der Waals surface area (Å²) in [5, 5.41) is 2.89. The number of carbonyl (C=O) groups is 3. The van der Waals surface area contributed by atoms with Crippen LogP contribution in [0.15, 0.2) is 48.5 Å². The summed E-state index contributed by atoms with van der Waals surface area (Å²) in [6, 6.07) is 14.6. The minimum atomic E-state index is -0.122. The third kappa shape index (κ3) is 6.17. The van der Waals surface area contributed by atoms with E-state index in [-0.39, 0.29) is 24.0 Å². The summed E-state index contributed by atoms with van der Waals surface area (Å²) in [5.41, 5.74) is 2.33. The fourth-order valence-corrected chi connectivity index (χ4v) is 3.55. The lowest BCUT2D eigenvalue weighted by Gasteiger charge is -2.26. The van der Waals surface area contributed by atoms with Crippen molar-refractivity contribution in [2.45, 2.75) is 45.1 Å². The van der Waals surface area contributed by atoms with Gasteiger partial charge in [-0.3, -0.25) is 14.4 Å². The Morgan fingerprint density at radius 3 is 2.60 bits per heavy atom. The third-order valence-electron chi connectivity index (χ3n) is 5.23. The van der Waals surface area contributed by atoms with Crippen molar-refractivity contribution in [2.75, 3.05) is 19.0 Å². The number of ether oxygens (including phenoxy) is 1. The number of ketones is 1. The van der Waals surface area contributed by atoms with E-state index in [2.05, 4.69) is 5.32 Å². The molecule has 1 heterocycles. The topological polar surface area (TPSA) is 75.7 Å². The highest BCUT2D eigenvalue weighted by Crippen LogP contribution is 2.18. The average Bonchev–Trinajstić information content (AvgIpc) is 2.75. The Morgan fingerprint density at radius 2 is 1.87 bits per heavy atom. The van der Waals surface area contributed by atoms with E-state index in [0.717, 1.165) is 24.9 Å². The first kappa shape index (κ1) is 21.6. The summed E-state index contributed by atoms with van der Waals surface area (Å²) in [5.74, 6) is 0.789. The van der Waals surface area contributed by atoms with Gasteiger partial charge in [0.25, 0.3) is 0 Å². The van der Waals surface area contributed by atoms with Crippen molar-refractivity contribution < 1.29 is 19.1 Å². The molecule has 3 rings (SSSR count). The maximum Gasteiger partial charge on any atom is 0.224 e. The zero-order valence-corrected chi connectivity index (χ0v) is 17.4. The van der Waals surface area contributed by atoms with Crippen molar-refractivity contribution in [3.05, 3.63) is 59.7 Å². The molecule has 1 fully saturated rings. The van der Waals surface area contributed by atoms with Gasteiger partial charge in [0.15, 0.2) is 5.78 Å². The summed E-state index contributed by atoms with van der Waals surface area (Å²) < 4.78 is 5.09. The maximum absolute atomic E-state index is 12.3. The normalized spacial score (nSPS) is 13.8. The molecular formula is C24H28N2O4. The summed E-state index contributed by atoms with van der Waals surface area (Å²) in [4.78, 5) is 38.4. The molecule has 0 unspecified atom stereocenters. The molecular weight excluding hydrogens is 380 g/mol. The molecule has 2 aromatic rings. The lowest BCUT2D eigenvalue weighted by Crippen LogP contribution is -2.34. The van der Waals surface area contributed by atoms with Crippen molar-refractivity contribution in [1.29, 1.82) is 0 Å². The molecule has 1 saturated heterocycles. The smallest absolute Gasteiger partial charge is 0.224 e. The Labute approximate surface area is 177 Å². The van der Waals surface area contributed by atoms with E-state index in [9.17, 15) is 14.4 Å². The van der Waals surface area contributed by atoms with E-state index in [1.807, 2.05) is 29.2 Å². The highest BCUT2D eigenvalue weighted by Gasteiger charge is 2.18. The Hall–Kier alpha value is -3.15. The van der Waals surface area contributed by atoms with E-state index in [4.69, 9.17) is 4.74 Å². The highest BCUT2D eigenvalue weighted by atomic mass is 16.5. The Balaban J connectivity index is 1.45. The molecule has 0 spiro atoms. The van der Waals surface area contributed by atoms with Crippen LogP contribution in [0.2, 0.25) is 0 Å². The molecule has 0 saturated carbocycles. The Kier molecular flexibility index (Phi) is 7.60. The predicted octanol–water partition coefficient (Wildman–Crippen LogP) is 4.20. The monoisotopic (exact) mass is 408 g/mol. The van der Waals surface area contributed by atoms with Crippen LogP contribution in [-0.2, 0) is 16.1 Å². The lowest BCUT2D eigenvalue weighted by atomic mass is 10.1. The van der Waals surface area contributed by atoms with Crippen molar-refractivity contribution in [1.82, 2.24) is 4.90 Å². The number of Topliss-reactive ketones (excluding diaryl/α,β-unsaturated/α-hetero) is 1. The molecule has 6 nitrogen and oxygen atoms in total. The van der Waals surface area contributed by atoms with E-state index in [1.54, 1.807) is 31.4 Å². The standard InChI is InChI=1S/C24H28N2O4/c1-30-21-13-11-19(12-14-21)22(27)8-5-9-23(28)25-20-7-4-6-18(16-20)17-26-15-3-2-10-24(26)29/h4,6-7,11-14,16H,2-3,5,8-10,15,17H2,1H3,(H,25,28). The highest BCUT2D eigenvalue weighted by molar-refractivity contribution is 5.97. The fraction of sp³-hybridized carbons (Fsp3) is 0.375. The van der Waals surface area contributed by atoms with Gasteiger partial charge >= 0.3 is 0 Å². The molecule has 0 bridgehead atoms. The number of methoxy groups -OCH3 is 1. The average molecular weight is 408 g/mol. The number of likely N-dealkylation sites (tertiary alicyclic amines) is 1. The third-order valence-corrected chi connectivity index (χ3v) is 5.23. The summed E-state index contributed by atoms with van der Waals surface area (Å²) >= 11 is 0. The van der Waals surface area contributed by atoms with Gasteiger partial charge in [0.05, 0.1) is 7.11 Å². The van der Waals surface area contributed by atoms with Gasteiger partial charge in [-0.2, -0.15) is 0 Å². The van der Waals surface area contributed by atoms with Gasteiger partial charge < -0.3 is 15.0 Å². The number of piperidine rings is 1. The summed E-state index contributed by atoms with van der Waals surface area (Å²) in [6.07, 6.45) is 3.70. The van der Waals surface area contributed by atoms with Gasteiger partial charge in [0.1, 0.15) is 5.75 Å². The number of hydrogen-bond acceptors (Lipinski definition) is 4. The Bertz CT molecular complexity index is 892. The SMILES string of the molecule is COc1ccc(C(=O)CCCC(=O)Nc2cccc(CN3CCCCC3=O)c2)cc1. The minimum Gasteiger partial charge on any atom is -0.497 e. The first-order valence-corrected chi connectivity index (χ1v) is 10.4. The molecule has 6 heteroatoms.